The third-order valence-electron chi connectivity index (χ3n) is 11.7. The van der Waals surface area contributed by atoms with Gasteiger partial charge in [-0.3, -0.25) is 0 Å². The first-order chi connectivity index (χ1) is 30.2. The average Bonchev–Trinajstić information content (AvgIpc) is 3.76. The Bertz CT molecular complexity index is 3530. The van der Waals surface area contributed by atoms with Crippen molar-refractivity contribution in [2.24, 2.45) is 0 Å². The predicted molar refractivity (Wildman–Crippen MR) is 250 cm³/mol. The van der Waals surface area contributed by atoms with Gasteiger partial charge < -0.3 is 4.42 Å². The lowest BCUT2D eigenvalue weighted by Crippen LogP contribution is -2.00. The first kappa shape index (κ1) is 34.7. The zero-order valence-electron chi connectivity index (χ0n) is 32.8. The number of aromatic nitrogens is 4. The van der Waals surface area contributed by atoms with E-state index in [4.69, 9.17) is 24.4 Å². The van der Waals surface area contributed by atoms with Crippen molar-refractivity contribution in [3.8, 4) is 67.9 Å². The van der Waals surface area contributed by atoms with Gasteiger partial charge in [0.1, 0.15) is 11.5 Å². The Kier molecular flexibility index (Phi) is 8.10. The Balaban J connectivity index is 1.10. The third-order valence-corrected chi connectivity index (χ3v) is 11.7. The number of hydrogen-bond acceptors (Lipinski definition) is 5. The van der Waals surface area contributed by atoms with E-state index in [0.29, 0.717) is 17.5 Å². The summed E-state index contributed by atoms with van der Waals surface area (Å²) in [4.78, 5) is 20.2. The molecule has 12 rings (SSSR count). The largest absolute Gasteiger partial charge is 0.453 e. The number of benzene rings is 9. The molecule has 5 heteroatoms. The van der Waals surface area contributed by atoms with Crippen molar-refractivity contribution in [3.63, 3.8) is 0 Å². The molecule has 0 saturated heterocycles. The molecular formula is C56H34N4O. The Morgan fingerprint density at radius 3 is 1.26 bits per heavy atom. The molecule has 0 aliphatic heterocycles. The minimum atomic E-state index is 0.597. The van der Waals surface area contributed by atoms with E-state index in [2.05, 4.69) is 127 Å². The van der Waals surface area contributed by atoms with Crippen LogP contribution in [0.5, 0.6) is 0 Å². The Morgan fingerprint density at radius 2 is 0.705 bits per heavy atom. The van der Waals surface area contributed by atoms with E-state index in [9.17, 15) is 0 Å². The molecule has 0 unspecified atom stereocenters. The SMILES string of the molecule is c1ccc(-c2nc(-c3ccccc3)nc(-c3ccc(-c4oc5c(-c6ccccc6)nc6ccccc6c5c4-c4ccc5c6ccccc6c6ccccc6c5c4)cc3)n2)cc1. The quantitative estimate of drug-likeness (QED) is 0.157. The van der Waals surface area contributed by atoms with Crippen molar-refractivity contribution >= 4 is 54.2 Å². The van der Waals surface area contributed by atoms with Gasteiger partial charge in [-0.25, -0.2) is 19.9 Å². The smallest absolute Gasteiger partial charge is 0.164 e. The maximum absolute atomic E-state index is 7.20. The molecule has 0 N–H and O–H groups in total. The predicted octanol–water partition coefficient (Wildman–Crippen LogP) is 14.6. The van der Waals surface area contributed by atoms with Crippen LogP contribution in [0.4, 0.5) is 0 Å². The number of fused-ring (bicyclic) bond motifs is 9. The van der Waals surface area contributed by atoms with Crippen LogP contribution < -0.4 is 0 Å². The standard InChI is InChI=1S/C56H34N4O/c1-4-16-35(17-5-1)51-53-50(46-26-14-15-27-48(46)57-51)49(40-32-33-45-43-24-11-10-22-41(43)42-23-12-13-25-44(42)47(45)34-40)52(61-53)36-28-30-39(31-29-36)56-59-54(37-18-6-2-7-19-37)58-55(60-56)38-20-8-3-9-21-38/h1-34H. The molecule has 0 aliphatic carbocycles. The number of hydrogen-bond donors (Lipinski definition) is 0. The van der Waals surface area contributed by atoms with Crippen molar-refractivity contribution in [2.75, 3.05) is 0 Å². The number of pyridine rings is 1. The highest BCUT2D eigenvalue weighted by molar-refractivity contribution is 6.26. The van der Waals surface area contributed by atoms with E-state index in [1.54, 1.807) is 0 Å². The highest BCUT2D eigenvalue weighted by atomic mass is 16.3. The van der Waals surface area contributed by atoms with Gasteiger partial charge in [0.25, 0.3) is 0 Å². The molecule has 3 aromatic heterocycles. The molecule has 0 atom stereocenters. The van der Waals surface area contributed by atoms with Gasteiger partial charge in [0, 0.05) is 44.2 Å². The molecule has 61 heavy (non-hydrogen) atoms. The lowest BCUT2D eigenvalue weighted by atomic mass is 9.90. The number of para-hydroxylation sites is 1. The highest BCUT2D eigenvalue weighted by Crippen LogP contribution is 2.48. The second kappa shape index (κ2) is 14.2. The van der Waals surface area contributed by atoms with Crippen molar-refractivity contribution < 1.29 is 4.42 Å². The minimum absolute atomic E-state index is 0.597. The summed E-state index contributed by atoms with van der Waals surface area (Å²) in [6.45, 7) is 0. The number of nitrogens with zero attached hydrogens (tertiary/aromatic N) is 4. The zero-order chi connectivity index (χ0) is 40.3. The molecular weight excluding hydrogens is 745 g/mol. The fourth-order valence-electron chi connectivity index (χ4n) is 8.85. The van der Waals surface area contributed by atoms with E-state index < -0.39 is 0 Å². The van der Waals surface area contributed by atoms with Gasteiger partial charge in [-0.15, -0.1) is 0 Å². The normalized spacial score (nSPS) is 11.6. The summed E-state index contributed by atoms with van der Waals surface area (Å²) in [5.74, 6) is 2.61. The third kappa shape index (κ3) is 5.86. The van der Waals surface area contributed by atoms with E-state index in [-0.39, 0.29) is 0 Å². The number of furan rings is 1. The van der Waals surface area contributed by atoms with Gasteiger partial charge in [-0.05, 0) is 50.0 Å². The van der Waals surface area contributed by atoms with Gasteiger partial charge in [-0.2, -0.15) is 0 Å². The topological polar surface area (TPSA) is 64.7 Å². The molecule has 0 spiro atoms. The Hall–Kier alpha value is -8.28. The first-order valence-corrected chi connectivity index (χ1v) is 20.5. The van der Waals surface area contributed by atoms with Crippen LogP contribution in [0.3, 0.4) is 0 Å². The Morgan fingerprint density at radius 1 is 0.295 bits per heavy atom. The van der Waals surface area contributed by atoms with Crippen LogP contribution in [0.2, 0.25) is 0 Å². The minimum Gasteiger partial charge on any atom is -0.453 e. The van der Waals surface area contributed by atoms with Crippen LogP contribution >= 0.6 is 0 Å². The summed E-state index contributed by atoms with van der Waals surface area (Å²) in [5, 5.41) is 9.43. The van der Waals surface area contributed by atoms with Crippen molar-refractivity contribution in [2.45, 2.75) is 0 Å². The van der Waals surface area contributed by atoms with Gasteiger partial charge in [0.2, 0.25) is 0 Å². The van der Waals surface area contributed by atoms with Crippen LogP contribution in [0, 0.1) is 0 Å². The summed E-state index contributed by atoms with van der Waals surface area (Å²) in [7, 11) is 0. The highest BCUT2D eigenvalue weighted by Gasteiger charge is 2.25. The zero-order valence-corrected chi connectivity index (χ0v) is 32.8. The van der Waals surface area contributed by atoms with E-state index in [1.165, 1.54) is 32.3 Å². The van der Waals surface area contributed by atoms with Crippen LogP contribution in [0.25, 0.3) is 122 Å². The van der Waals surface area contributed by atoms with Crippen molar-refractivity contribution in [3.05, 3.63) is 206 Å². The van der Waals surface area contributed by atoms with Crippen LogP contribution in [0.1, 0.15) is 0 Å². The van der Waals surface area contributed by atoms with E-state index in [1.807, 2.05) is 78.9 Å². The lowest BCUT2D eigenvalue weighted by Gasteiger charge is -2.13. The molecule has 5 nitrogen and oxygen atoms in total. The van der Waals surface area contributed by atoms with Crippen LogP contribution in [0.15, 0.2) is 211 Å². The summed E-state index contributed by atoms with van der Waals surface area (Å²) in [5.41, 5.74) is 9.22. The van der Waals surface area contributed by atoms with Gasteiger partial charge in [0.15, 0.2) is 23.1 Å². The summed E-state index contributed by atoms with van der Waals surface area (Å²) in [6.07, 6.45) is 0. The molecule has 0 amide bonds. The molecule has 9 aromatic carbocycles. The maximum Gasteiger partial charge on any atom is 0.164 e. The van der Waals surface area contributed by atoms with Gasteiger partial charge >= 0.3 is 0 Å². The summed E-state index contributed by atoms with van der Waals surface area (Å²) < 4.78 is 7.20. The second-order valence-electron chi connectivity index (χ2n) is 15.3. The first-order valence-electron chi connectivity index (χ1n) is 20.5. The molecule has 0 bridgehead atoms. The van der Waals surface area contributed by atoms with E-state index in [0.717, 1.165) is 72.3 Å². The van der Waals surface area contributed by atoms with Crippen LogP contribution in [-0.2, 0) is 0 Å². The van der Waals surface area contributed by atoms with Gasteiger partial charge in [-0.1, -0.05) is 194 Å². The molecule has 284 valence electrons. The molecule has 0 aliphatic rings. The summed E-state index contributed by atoms with van der Waals surface area (Å²) in [6, 6.07) is 71.6. The molecule has 0 radical (unpaired) electrons. The average molecular weight is 779 g/mol. The van der Waals surface area contributed by atoms with Crippen LogP contribution in [-0.4, -0.2) is 19.9 Å². The number of rotatable bonds is 6. The molecule has 12 aromatic rings. The van der Waals surface area contributed by atoms with Crippen molar-refractivity contribution in [1.29, 1.82) is 0 Å². The summed E-state index contributed by atoms with van der Waals surface area (Å²) >= 11 is 0. The van der Waals surface area contributed by atoms with E-state index >= 15 is 0 Å². The lowest BCUT2D eigenvalue weighted by molar-refractivity contribution is 0.632. The maximum atomic E-state index is 7.20. The fourth-order valence-corrected chi connectivity index (χ4v) is 8.85. The second-order valence-corrected chi connectivity index (χ2v) is 15.3. The molecule has 0 fully saturated rings. The monoisotopic (exact) mass is 778 g/mol. The van der Waals surface area contributed by atoms with Crippen molar-refractivity contribution in [1.82, 2.24) is 19.9 Å². The fraction of sp³-hybridized carbons (Fsp3) is 0. The molecule has 3 heterocycles. The van der Waals surface area contributed by atoms with Gasteiger partial charge in [0.05, 0.1) is 5.52 Å². The molecule has 0 saturated carbocycles. The Labute approximate surface area is 351 Å².